The van der Waals surface area contributed by atoms with Crippen molar-refractivity contribution in [2.45, 2.75) is 31.7 Å². The predicted molar refractivity (Wildman–Crippen MR) is 92.9 cm³/mol. The first-order valence-corrected chi connectivity index (χ1v) is 8.25. The van der Waals surface area contributed by atoms with E-state index in [4.69, 9.17) is 9.47 Å². The zero-order chi connectivity index (χ0) is 18.6. The molecular formula is C20H18O6. The van der Waals surface area contributed by atoms with Crippen LogP contribution in [0.3, 0.4) is 0 Å². The second-order valence-electron chi connectivity index (χ2n) is 6.67. The highest BCUT2D eigenvalue weighted by molar-refractivity contribution is 6.06. The third kappa shape index (κ3) is 2.42. The van der Waals surface area contributed by atoms with Crippen molar-refractivity contribution in [3.63, 3.8) is 0 Å². The molecule has 0 aromatic heterocycles. The van der Waals surface area contributed by atoms with Gasteiger partial charge in [0.05, 0.1) is 0 Å². The average molecular weight is 354 g/mol. The number of phenols is 2. The molecule has 0 radical (unpaired) electrons. The van der Waals surface area contributed by atoms with Crippen LogP contribution in [0.4, 0.5) is 0 Å². The summed E-state index contributed by atoms with van der Waals surface area (Å²) in [6.07, 6.45) is -2.26. The van der Waals surface area contributed by atoms with Crippen molar-refractivity contribution in [3.8, 4) is 23.0 Å². The highest BCUT2D eigenvalue weighted by Crippen LogP contribution is 2.48. The standard InChI is InChI=1S/C20H18O6/c1-9(2)13-7-12-14(25-13)8-15-16(17(12)22)18(23)19(24)20(26-15)10-3-5-11(21)6-4-10/h3-6,8,13,19-22,24H,1,7H2,2H3. The van der Waals surface area contributed by atoms with E-state index < -0.39 is 18.0 Å². The molecule has 2 heterocycles. The smallest absolute Gasteiger partial charge is 0.202 e. The van der Waals surface area contributed by atoms with Crippen molar-refractivity contribution in [2.24, 2.45) is 0 Å². The fraction of sp³-hybridized carbons (Fsp3) is 0.250. The SMILES string of the molecule is C=C(C)C1Cc2c(cc3c(c2O)C(=O)C(O)C(c2ccc(O)cc2)O3)O1. The van der Waals surface area contributed by atoms with E-state index in [2.05, 4.69) is 6.58 Å². The molecule has 0 saturated heterocycles. The topological polar surface area (TPSA) is 96.2 Å². The molecule has 4 rings (SSSR count). The first-order valence-electron chi connectivity index (χ1n) is 8.25. The van der Waals surface area contributed by atoms with Crippen LogP contribution >= 0.6 is 0 Å². The summed E-state index contributed by atoms with van der Waals surface area (Å²) < 4.78 is 11.6. The number of ketones is 1. The summed E-state index contributed by atoms with van der Waals surface area (Å²) in [5, 5.41) is 30.4. The molecule has 3 N–H and O–H groups in total. The van der Waals surface area contributed by atoms with Crippen LogP contribution in [0, 0.1) is 0 Å². The predicted octanol–water partition coefficient (Wildman–Crippen LogP) is 2.65. The van der Waals surface area contributed by atoms with Crippen LogP contribution in [-0.4, -0.2) is 33.3 Å². The Morgan fingerprint density at radius 3 is 2.50 bits per heavy atom. The molecule has 0 spiro atoms. The molecule has 134 valence electrons. The van der Waals surface area contributed by atoms with E-state index in [1.54, 1.807) is 18.2 Å². The Balaban J connectivity index is 1.77. The molecule has 6 nitrogen and oxygen atoms in total. The molecule has 0 aliphatic carbocycles. The number of benzene rings is 2. The quantitative estimate of drug-likeness (QED) is 0.718. The lowest BCUT2D eigenvalue weighted by Gasteiger charge is -2.30. The van der Waals surface area contributed by atoms with E-state index in [-0.39, 0.29) is 28.9 Å². The molecule has 0 fully saturated rings. The Morgan fingerprint density at radius 2 is 1.85 bits per heavy atom. The normalized spacial score (nSPS) is 23.6. The highest BCUT2D eigenvalue weighted by atomic mass is 16.5. The van der Waals surface area contributed by atoms with Crippen molar-refractivity contribution in [1.82, 2.24) is 0 Å². The number of aromatic hydroxyl groups is 2. The van der Waals surface area contributed by atoms with Gasteiger partial charge in [-0.25, -0.2) is 0 Å². The van der Waals surface area contributed by atoms with Crippen LogP contribution in [0.25, 0.3) is 0 Å². The first kappa shape index (κ1) is 16.5. The number of hydrogen-bond donors (Lipinski definition) is 3. The van der Waals surface area contributed by atoms with Gasteiger partial charge in [-0.15, -0.1) is 0 Å². The molecule has 6 heteroatoms. The zero-order valence-corrected chi connectivity index (χ0v) is 14.1. The van der Waals surface area contributed by atoms with E-state index in [0.29, 0.717) is 23.3 Å². The summed E-state index contributed by atoms with van der Waals surface area (Å²) in [4.78, 5) is 12.7. The number of carbonyl (C=O) groups is 1. The third-order valence-electron chi connectivity index (χ3n) is 4.81. The van der Waals surface area contributed by atoms with Crippen molar-refractivity contribution in [1.29, 1.82) is 0 Å². The number of aliphatic hydroxyl groups is 1. The summed E-state index contributed by atoms with van der Waals surface area (Å²) in [7, 11) is 0. The van der Waals surface area contributed by atoms with Crippen molar-refractivity contribution in [2.75, 3.05) is 0 Å². The van der Waals surface area contributed by atoms with Gasteiger partial charge in [-0.1, -0.05) is 18.7 Å². The summed E-state index contributed by atoms with van der Waals surface area (Å²) in [5.74, 6) is -0.141. The Morgan fingerprint density at radius 1 is 1.15 bits per heavy atom. The molecule has 0 amide bonds. The lowest BCUT2D eigenvalue weighted by atomic mass is 9.91. The molecule has 3 unspecified atom stereocenters. The fourth-order valence-corrected chi connectivity index (χ4v) is 3.35. The fourth-order valence-electron chi connectivity index (χ4n) is 3.35. The Labute approximate surface area is 149 Å². The summed E-state index contributed by atoms with van der Waals surface area (Å²) in [6, 6.07) is 7.62. The largest absolute Gasteiger partial charge is 0.508 e. The van der Waals surface area contributed by atoms with Crippen LogP contribution < -0.4 is 9.47 Å². The zero-order valence-electron chi connectivity index (χ0n) is 14.1. The third-order valence-corrected chi connectivity index (χ3v) is 4.81. The number of phenolic OH excluding ortho intramolecular Hbond substituents is 2. The summed E-state index contributed by atoms with van der Waals surface area (Å²) >= 11 is 0. The Kier molecular flexibility index (Phi) is 3.66. The van der Waals surface area contributed by atoms with Crippen LogP contribution in [0.2, 0.25) is 0 Å². The molecular weight excluding hydrogens is 336 g/mol. The highest BCUT2D eigenvalue weighted by Gasteiger charge is 2.41. The van der Waals surface area contributed by atoms with Crippen LogP contribution in [-0.2, 0) is 6.42 Å². The maximum absolute atomic E-state index is 12.7. The minimum atomic E-state index is -1.46. The maximum Gasteiger partial charge on any atom is 0.202 e. The van der Waals surface area contributed by atoms with Gasteiger partial charge >= 0.3 is 0 Å². The number of ether oxygens (including phenoxy) is 2. The molecule has 2 aromatic rings. The number of Topliss-reactive ketones (excluding diaryl/α,β-unsaturated/α-hetero) is 1. The molecule has 2 aliphatic rings. The first-order chi connectivity index (χ1) is 12.4. The number of hydrogen-bond acceptors (Lipinski definition) is 6. The molecule has 0 bridgehead atoms. The van der Waals surface area contributed by atoms with Gasteiger partial charge in [0, 0.05) is 18.1 Å². The minimum Gasteiger partial charge on any atom is -0.508 e. The minimum absolute atomic E-state index is 0.0303. The molecule has 26 heavy (non-hydrogen) atoms. The Hall–Kier alpha value is -2.99. The van der Waals surface area contributed by atoms with Gasteiger partial charge < -0.3 is 24.8 Å². The van der Waals surface area contributed by atoms with Gasteiger partial charge in [-0.05, 0) is 30.2 Å². The van der Waals surface area contributed by atoms with Gasteiger partial charge in [0.25, 0.3) is 0 Å². The van der Waals surface area contributed by atoms with Gasteiger partial charge in [0.2, 0.25) is 5.78 Å². The second-order valence-corrected chi connectivity index (χ2v) is 6.67. The molecule has 2 aliphatic heterocycles. The summed E-state index contributed by atoms with van der Waals surface area (Å²) in [5.41, 5.74) is 1.84. The average Bonchev–Trinajstić information content (AvgIpc) is 3.04. The monoisotopic (exact) mass is 354 g/mol. The molecule has 2 aromatic carbocycles. The number of carbonyl (C=O) groups excluding carboxylic acids is 1. The number of fused-ring (bicyclic) bond motifs is 2. The van der Waals surface area contributed by atoms with E-state index in [9.17, 15) is 20.1 Å². The van der Waals surface area contributed by atoms with Crippen molar-refractivity contribution < 1.29 is 29.6 Å². The lowest BCUT2D eigenvalue weighted by Crippen LogP contribution is -2.36. The van der Waals surface area contributed by atoms with Crippen LogP contribution in [0.15, 0.2) is 42.5 Å². The number of aliphatic hydroxyl groups excluding tert-OH is 1. The van der Waals surface area contributed by atoms with E-state index in [1.807, 2.05) is 6.92 Å². The maximum atomic E-state index is 12.7. The van der Waals surface area contributed by atoms with E-state index in [0.717, 1.165) is 5.57 Å². The van der Waals surface area contributed by atoms with Gasteiger partial charge in [-0.2, -0.15) is 0 Å². The Bertz CT molecular complexity index is 915. The van der Waals surface area contributed by atoms with Gasteiger partial charge in [0.15, 0.2) is 12.2 Å². The van der Waals surface area contributed by atoms with Crippen LogP contribution in [0.5, 0.6) is 23.0 Å². The van der Waals surface area contributed by atoms with Crippen molar-refractivity contribution in [3.05, 3.63) is 59.2 Å². The van der Waals surface area contributed by atoms with Gasteiger partial charge in [-0.3, -0.25) is 4.79 Å². The van der Waals surface area contributed by atoms with Crippen LogP contribution in [0.1, 0.15) is 34.5 Å². The lowest BCUT2D eigenvalue weighted by molar-refractivity contribution is 0.0210. The molecule has 0 saturated carbocycles. The molecule has 3 atom stereocenters. The van der Waals surface area contributed by atoms with Crippen molar-refractivity contribution >= 4 is 5.78 Å². The number of rotatable bonds is 2. The van der Waals surface area contributed by atoms with E-state index >= 15 is 0 Å². The van der Waals surface area contributed by atoms with Gasteiger partial charge in [0.1, 0.15) is 34.7 Å². The van der Waals surface area contributed by atoms with E-state index in [1.165, 1.54) is 12.1 Å². The summed E-state index contributed by atoms with van der Waals surface area (Å²) in [6.45, 7) is 5.70. The second kappa shape index (κ2) is 5.78.